The van der Waals surface area contributed by atoms with Crippen LogP contribution in [0.3, 0.4) is 0 Å². The summed E-state index contributed by atoms with van der Waals surface area (Å²) in [6.07, 6.45) is 3.18. The van der Waals surface area contributed by atoms with Gasteiger partial charge in [-0.15, -0.1) is 0 Å². The molecule has 5 nitrogen and oxygen atoms in total. The van der Waals surface area contributed by atoms with Crippen LogP contribution >= 0.6 is 0 Å². The number of carbonyl (C=O) groups is 1. The number of ether oxygens (including phenoxy) is 1. The molecule has 0 aliphatic rings. The SMILES string of the molecule is CN(C)CCCn1ccc2cc(Oc3cccc(C(=O)Nc4cccc(F)c4)c3)ccc21. The Morgan fingerprint density at radius 2 is 1.81 bits per heavy atom. The quantitative estimate of drug-likeness (QED) is 0.385. The van der Waals surface area contributed by atoms with Crippen LogP contribution < -0.4 is 10.1 Å². The van der Waals surface area contributed by atoms with Gasteiger partial charge in [0, 0.05) is 34.9 Å². The van der Waals surface area contributed by atoms with E-state index >= 15 is 0 Å². The third kappa shape index (κ3) is 5.34. The molecule has 1 heterocycles. The molecule has 4 aromatic rings. The summed E-state index contributed by atoms with van der Waals surface area (Å²) < 4.78 is 21.6. The second kappa shape index (κ2) is 9.66. The standard InChI is InChI=1S/C26H26FN3O2/c1-29(2)13-5-14-30-15-12-19-16-24(10-11-25(19)30)32-23-9-3-6-20(17-23)26(31)28-22-8-4-7-21(27)18-22/h3-4,6-12,15-18H,5,13-14H2,1-2H3,(H,28,31). The van der Waals surface area contributed by atoms with Crippen molar-refractivity contribution in [2.24, 2.45) is 0 Å². The van der Waals surface area contributed by atoms with E-state index in [1.54, 1.807) is 36.4 Å². The van der Waals surface area contributed by atoms with Crippen LogP contribution in [0.1, 0.15) is 16.8 Å². The summed E-state index contributed by atoms with van der Waals surface area (Å²) >= 11 is 0. The van der Waals surface area contributed by atoms with Gasteiger partial charge in [-0.25, -0.2) is 4.39 Å². The molecule has 0 saturated carbocycles. The number of nitrogens with zero attached hydrogens (tertiary/aromatic N) is 2. The van der Waals surface area contributed by atoms with E-state index in [2.05, 4.69) is 47.2 Å². The molecule has 0 fully saturated rings. The van der Waals surface area contributed by atoms with Gasteiger partial charge in [0.2, 0.25) is 0 Å². The summed E-state index contributed by atoms with van der Waals surface area (Å²) in [5, 5.41) is 3.80. The van der Waals surface area contributed by atoms with Crippen molar-refractivity contribution >= 4 is 22.5 Å². The lowest BCUT2D eigenvalue weighted by Gasteiger charge is -2.11. The van der Waals surface area contributed by atoms with Gasteiger partial charge in [-0.1, -0.05) is 12.1 Å². The van der Waals surface area contributed by atoms with Crippen molar-refractivity contribution in [2.75, 3.05) is 26.0 Å². The van der Waals surface area contributed by atoms with E-state index in [0.717, 1.165) is 24.9 Å². The monoisotopic (exact) mass is 431 g/mol. The maximum absolute atomic E-state index is 13.4. The second-order valence-electron chi connectivity index (χ2n) is 7.98. The molecule has 1 N–H and O–H groups in total. The molecule has 0 bridgehead atoms. The number of aryl methyl sites for hydroxylation is 1. The third-order valence-electron chi connectivity index (χ3n) is 5.16. The smallest absolute Gasteiger partial charge is 0.255 e. The number of hydrogen-bond acceptors (Lipinski definition) is 3. The first-order valence-electron chi connectivity index (χ1n) is 10.6. The van der Waals surface area contributed by atoms with Crippen molar-refractivity contribution in [3.63, 3.8) is 0 Å². The van der Waals surface area contributed by atoms with Crippen LogP contribution in [0, 0.1) is 5.82 Å². The molecule has 1 aromatic heterocycles. The minimum absolute atomic E-state index is 0.327. The summed E-state index contributed by atoms with van der Waals surface area (Å²) in [6.45, 7) is 2.01. The fourth-order valence-corrected chi connectivity index (χ4v) is 3.60. The van der Waals surface area contributed by atoms with Crippen molar-refractivity contribution in [2.45, 2.75) is 13.0 Å². The van der Waals surface area contributed by atoms with Crippen molar-refractivity contribution in [3.8, 4) is 11.5 Å². The first kappa shape index (κ1) is 21.6. The summed E-state index contributed by atoms with van der Waals surface area (Å²) in [5.74, 6) is 0.529. The Bertz CT molecular complexity index is 1230. The molecule has 6 heteroatoms. The van der Waals surface area contributed by atoms with Gasteiger partial charge in [0.05, 0.1) is 0 Å². The summed E-state index contributed by atoms with van der Waals surface area (Å²) in [7, 11) is 4.16. The van der Waals surface area contributed by atoms with Crippen LogP contribution in [0.25, 0.3) is 10.9 Å². The highest BCUT2D eigenvalue weighted by atomic mass is 19.1. The van der Waals surface area contributed by atoms with Gasteiger partial charge in [0.25, 0.3) is 5.91 Å². The highest BCUT2D eigenvalue weighted by molar-refractivity contribution is 6.04. The number of halogens is 1. The highest BCUT2D eigenvalue weighted by Crippen LogP contribution is 2.27. The Morgan fingerprint density at radius 1 is 1.00 bits per heavy atom. The predicted octanol–water partition coefficient (Wildman–Crippen LogP) is 5.78. The molecule has 0 saturated heterocycles. The van der Waals surface area contributed by atoms with Crippen molar-refractivity contribution in [3.05, 3.63) is 90.4 Å². The maximum Gasteiger partial charge on any atom is 0.255 e. The number of nitrogens with one attached hydrogen (secondary N) is 1. The second-order valence-corrected chi connectivity index (χ2v) is 7.98. The largest absolute Gasteiger partial charge is 0.457 e. The lowest BCUT2D eigenvalue weighted by molar-refractivity contribution is 0.102. The molecule has 164 valence electrons. The van der Waals surface area contributed by atoms with Gasteiger partial charge in [-0.3, -0.25) is 4.79 Å². The van der Waals surface area contributed by atoms with Crippen LogP contribution in [-0.4, -0.2) is 36.0 Å². The lowest BCUT2D eigenvalue weighted by Crippen LogP contribution is -2.14. The van der Waals surface area contributed by atoms with E-state index < -0.39 is 5.82 Å². The first-order chi connectivity index (χ1) is 15.5. The molecule has 3 aromatic carbocycles. The molecule has 0 atom stereocenters. The number of carbonyl (C=O) groups excluding carboxylic acids is 1. The number of hydrogen-bond donors (Lipinski definition) is 1. The van der Waals surface area contributed by atoms with E-state index in [1.807, 2.05) is 12.1 Å². The minimum Gasteiger partial charge on any atom is -0.457 e. The zero-order chi connectivity index (χ0) is 22.5. The van der Waals surface area contributed by atoms with Gasteiger partial charge in [-0.05, 0) is 87.7 Å². The molecule has 0 unspecified atom stereocenters. The molecule has 4 rings (SSSR count). The zero-order valence-electron chi connectivity index (χ0n) is 18.2. The summed E-state index contributed by atoms with van der Waals surface area (Å²) in [5.41, 5.74) is 2.00. The Kier molecular flexibility index (Phi) is 6.52. The van der Waals surface area contributed by atoms with Crippen molar-refractivity contribution in [1.82, 2.24) is 9.47 Å². The molecular weight excluding hydrogens is 405 g/mol. The van der Waals surface area contributed by atoms with Gasteiger partial charge in [0.1, 0.15) is 17.3 Å². The molecule has 1 amide bonds. The lowest BCUT2D eigenvalue weighted by atomic mass is 10.2. The number of amides is 1. The van der Waals surface area contributed by atoms with Crippen LogP contribution in [0.15, 0.2) is 79.0 Å². The summed E-state index contributed by atoms with van der Waals surface area (Å²) in [4.78, 5) is 14.7. The molecule has 0 radical (unpaired) electrons. The van der Waals surface area contributed by atoms with Crippen molar-refractivity contribution in [1.29, 1.82) is 0 Å². The van der Waals surface area contributed by atoms with Crippen LogP contribution in [-0.2, 0) is 6.54 Å². The van der Waals surface area contributed by atoms with Gasteiger partial charge in [0.15, 0.2) is 0 Å². The minimum atomic E-state index is -0.401. The Morgan fingerprint density at radius 3 is 2.62 bits per heavy atom. The Balaban J connectivity index is 1.45. The average Bonchev–Trinajstić information content (AvgIpc) is 3.16. The van der Waals surface area contributed by atoms with E-state index in [9.17, 15) is 9.18 Å². The molecule has 0 spiro atoms. The van der Waals surface area contributed by atoms with E-state index in [1.165, 1.54) is 17.6 Å². The summed E-state index contributed by atoms with van der Waals surface area (Å²) in [6, 6.07) is 20.8. The molecule has 0 aliphatic heterocycles. The highest BCUT2D eigenvalue weighted by Gasteiger charge is 2.09. The first-order valence-corrected chi connectivity index (χ1v) is 10.6. The Hall–Kier alpha value is -3.64. The molecule has 0 aliphatic carbocycles. The van der Waals surface area contributed by atoms with Crippen LogP contribution in [0.4, 0.5) is 10.1 Å². The van der Waals surface area contributed by atoms with E-state index in [-0.39, 0.29) is 5.91 Å². The Labute approximate surface area is 187 Å². The maximum atomic E-state index is 13.4. The van der Waals surface area contributed by atoms with E-state index in [4.69, 9.17) is 4.74 Å². The third-order valence-corrected chi connectivity index (χ3v) is 5.16. The van der Waals surface area contributed by atoms with Crippen LogP contribution in [0.5, 0.6) is 11.5 Å². The fourth-order valence-electron chi connectivity index (χ4n) is 3.60. The van der Waals surface area contributed by atoms with Gasteiger partial charge >= 0.3 is 0 Å². The van der Waals surface area contributed by atoms with Gasteiger partial charge in [-0.2, -0.15) is 0 Å². The number of anilines is 1. The van der Waals surface area contributed by atoms with Crippen LogP contribution in [0.2, 0.25) is 0 Å². The van der Waals surface area contributed by atoms with Gasteiger partial charge < -0.3 is 19.5 Å². The number of fused-ring (bicyclic) bond motifs is 1. The fraction of sp³-hybridized carbons (Fsp3) is 0.192. The number of benzene rings is 3. The average molecular weight is 432 g/mol. The topological polar surface area (TPSA) is 46.5 Å². The molecule has 32 heavy (non-hydrogen) atoms. The zero-order valence-corrected chi connectivity index (χ0v) is 18.2. The normalized spacial score (nSPS) is 11.1. The molecular formula is C26H26FN3O2. The number of aromatic nitrogens is 1. The predicted molar refractivity (Wildman–Crippen MR) is 126 cm³/mol. The van der Waals surface area contributed by atoms with Crippen molar-refractivity contribution < 1.29 is 13.9 Å². The number of rotatable bonds is 8. The van der Waals surface area contributed by atoms with E-state index in [0.29, 0.717) is 22.7 Å².